The van der Waals surface area contributed by atoms with Crippen LogP contribution in [0.5, 0.6) is 0 Å². The summed E-state index contributed by atoms with van der Waals surface area (Å²) in [4.78, 5) is 26.6. The maximum Gasteiger partial charge on any atom is 0.255 e. The molecule has 1 N–H and O–H groups in total. The molecule has 152 valence electrons. The van der Waals surface area contributed by atoms with Crippen LogP contribution in [-0.2, 0) is 4.79 Å². The number of hydrogen-bond acceptors (Lipinski definition) is 3. The van der Waals surface area contributed by atoms with Gasteiger partial charge in [-0.15, -0.1) is 11.8 Å². The van der Waals surface area contributed by atoms with Crippen molar-refractivity contribution in [1.82, 2.24) is 0 Å². The Morgan fingerprint density at radius 3 is 2.63 bits per heavy atom. The average molecular weight is 424 g/mol. The highest BCUT2D eigenvalue weighted by atomic mass is 32.2. The van der Waals surface area contributed by atoms with Crippen molar-refractivity contribution >= 4 is 35.0 Å². The van der Waals surface area contributed by atoms with E-state index < -0.39 is 11.7 Å². The summed E-state index contributed by atoms with van der Waals surface area (Å²) in [6.45, 7) is 1.65. The number of carbonyl (C=O) groups excluding carboxylic acids is 2. The number of rotatable bonds is 4. The average Bonchev–Trinajstić information content (AvgIpc) is 3.11. The van der Waals surface area contributed by atoms with Crippen molar-refractivity contribution in [1.29, 1.82) is 0 Å². The Balaban J connectivity index is 1.62. The molecule has 3 aromatic rings. The van der Waals surface area contributed by atoms with Crippen molar-refractivity contribution in [3.05, 3.63) is 95.1 Å². The van der Waals surface area contributed by atoms with Gasteiger partial charge in [-0.25, -0.2) is 8.78 Å². The van der Waals surface area contributed by atoms with Crippen LogP contribution < -0.4 is 10.2 Å². The van der Waals surface area contributed by atoms with Crippen LogP contribution in [0.3, 0.4) is 0 Å². The van der Waals surface area contributed by atoms with Gasteiger partial charge in [0.05, 0.1) is 11.4 Å². The quantitative estimate of drug-likeness (QED) is 0.618. The largest absolute Gasteiger partial charge is 0.322 e. The van der Waals surface area contributed by atoms with Crippen molar-refractivity contribution in [2.45, 2.75) is 12.3 Å². The van der Waals surface area contributed by atoms with Crippen LogP contribution in [0.4, 0.5) is 20.2 Å². The van der Waals surface area contributed by atoms with E-state index in [0.717, 1.165) is 5.56 Å². The maximum absolute atomic E-state index is 14.1. The van der Waals surface area contributed by atoms with Gasteiger partial charge in [0.1, 0.15) is 17.0 Å². The number of nitrogens with zero attached hydrogens (tertiary/aromatic N) is 1. The van der Waals surface area contributed by atoms with E-state index in [0.29, 0.717) is 16.9 Å². The standard InChI is InChI=1S/C23H18F2N2O2S/c1-14-19(25)9-4-10-20(14)27-21(28)13-30-23(27)16-6-3-8-18(12-16)26-22(29)15-5-2-7-17(24)11-15/h2-12,23H,13H2,1H3,(H,26,29). The highest BCUT2D eigenvalue weighted by Crippen LogP contribution is 2.43. The molecule has 3 aromatic carbocycles. The van der Waals surface area contributed by atoms with Crippen LogP contribution in [0, 0.1) is 18.6 Å². The number of anilines is 2. The molecule has 1 atom stereocenters. The molecule has 1 heterocycles. The van der Waals surface area contributed by atoms with Crippen LogP contribution in [0.1, 0.15) is 26.9 Å². The van der Waals surface area contributed by atoms with Crippen LogP contribution in [0.2, 0.25) is 0 Å². The zero-order chi connectivity index (χ0) is 21.3. The Bertz CT molecular complexity index is 1140. The molecule has 0 saturated carbocycles. The van der Waals surface area contributed by atoms with Gasteiger partial charge in [0.15, 0.2) is 0 Å². The Morgan fingerprint density at radius 1 is 1.07 bits per heavy atom. The number of benzene rings is 3. The minimum absolute atomic E-state index is 0.104. The summed E-state index contributed by atoms with van der Waals surface area (Å²) in [5.41, 5.74) is 2.48. The molecule has 2 amide bonds. The minimum atomic E-state index is -0.488. The molecule has 0 aliphatic carbocycles. The van der Waals surface area contributed by atoms with Crippen molar-refractivity contribution in [3.63, 3.8) is 0 Å². The molecule has 30 heavy (non-hydrogen) atoms. The first-order chi connectivity index (χ1) is 14.4. The van der Waals surface area contributed by atoms with Crippen molar-refractivity contribution < 1.29 is 18.4 Å². The number of amides is 2. The van der Waals surface area contributed by atoms with E-state index in [2.05, 4.69) is 5.32 Å². The molecular weight excluding hydrogens is 406 g/mol. The highest BCUT2D eigenvalue weighted by Gasteiger charge is 2.35. The first kappa shape index (κ1) is 20.1. The monoisotopic (exact) mass is 424 g/mol. The van der Waals surface area contributed by atoms with Crippen LogP contribution in [0.15, 0.2) is 66.7 Å². The summed E-state index contributed by atoms with van der Waals surface area (Å²) in [6, 6.07) is 17.2. The van der Waals surface area contributed by atoms with E-state index >= 15 is 0 Å². The van der Waals surface area contributed by atoms with E-state index in [9.17, 15) is 18.4 Å². The fourth-order valence-electron chi connectivity index (χ4n) is 3.39. The normalized spacial score (nSPS) is 16.0. The lowest BCUT2D eigenvalue weighted by Crippen LogP contribution is -2.28. The first-order valence-corrected chi connectivity index (χ1v) is 10.3. The zero-order valence-corrected chi connectivity index (χ0v) is 16.9. The molecule has 0 aromatic heterocycles. The third-order valence-corrected chi connectivity index (χ3v) is 6.10. The van der Waals surface area contributed by atoms with Crippen molar-refractivity contribution in [3.8, 4) is 0 Å². The van der Waals surface area contributed by atoms with Gasteiger partial charge in [0.25, 0.3) is 5.91 Å². The SMILES string of the molecule is Cc1c(F)cccc1N1C(=O)CSC1c1cccc(NC(=O)c2cccc(F)c2)c1. The van der Waals surface area contributed by atoms with Crippen LogP contribution in [0.25, 0.3) is 0 Å². The zero-order valence-electron chi connectivity index (χ0n) is 16.1. The smallest absolute Gasteiger partial charge is 0.255 e. The molecule has 4 nitrogen and oxygen atoms in total. The summed E-state index contributed by atoms with van der Waals surface area (Å²) >= 11 is 1.44. The number of hydrogen-bond donors (Lipinski definition) is 1. The third-order valence-electron chi connectivity index (χ3n) is 4.88. The van der Waals surface area contributed by atoms with E-state index in [1.165, 1.54) is 42.1 Å². The fourth-order valence-corrected chi connectivity index (χ4v) is 4.55. The second-order valence-corrected chi connectivity index (χ2v) is 7.97. The molecule has 1 fully saturated rings. The second-order valence-electron chi connectivity index (χ2n) is 6.90. The fraction of sp³-hybridized carbons (Fsp3) is 0.130. The molecule has 7 heteroatoms. The third kappa shape index (κ3) is 3.93. The van der Waals surface area contributed by atoms with Crippen molar-refractivity contribution in [2.75, 3.05) is 16.0 Å². The lowest BCUT2D eigenvalue weighted by Gasteiger charge is -2.26. The number of thioether (sulfide) groups is 1. The van der Waals surface area contributed by atoms with Crippen molar-refractivity contribution in [2.24, 2.45) is 0 Å². The van der Waals surface area contributed by atoms with E-state index in [4.69, 9.17) is 0 Å². The van der Waals surface area contributed by atoms with Gasteiger partial charge in [0, 0.05) is 16.8 Å². The molecule has 1 aliphatic rings. The lowest BCUT2D eigenvalue weighted by molar-refractivity contribution is -0.115. The maximum atomic E-state index is 14.1. The van der Waals surface area contributed by atoms with E-state index in [1.807, 2.05) is 6.07 Å². The van der Waals surface area contributed by atoms with Crippen LogP contribution >= 0.6 is 11.8 Å². The summed E-state index contributed by atoms with van der Waals surface area (Å²) in [5.74, 6) is -1.11. The molecule has 0 spiro atoms. The Labute approximate surface area is 176 Å². The first-order valence-electron chi connectivity index (χ1n) is 9.29. The molecular formula is C23H18F2N2O2S. The summed E-state index contributed by atoms with van der Waals surface area (Å²) < 4.78 is 27.5. The number of carbonyl (C=O) groups is 2. The molecule has 1 aliphatic heterocycles. The molecule has 4 rings (SSSR count). The van der Waals surface area contributed by atoms with Gasteiger partial charge in [-0.2, -0.15) is 0 Å². The molecule has 0 radical (unpaired) electrons. The van der Waals surface area contributed by atoms with Gasteiger partial charge in [-0.1, -0.05) is 24.3 Å². The van der Waals surface area contributed by atoms with Gasteiger partial charge in [-0.3, -0.25) is 14.5 Å². The van der Waals surface area contributed by atoms with Gasteiger partial charge >= 0.3 is 0 Å². The highest BCUT2D eigenvalue weighted by molar-refractivity contribution is 8.00. The number of nitrogens with one attached hydrogen (secondary N) is 1. The molecule has 1 unspecified atom stereocenters. The Hall–Kier alpha value is -3.19. The molecule has 1 saturated heterocycles. The lowest BCUT2D eigenvalue weighted by atomic mass is 10.1. The van der Waals surface area contributed by atoms with E-state index in [-0.39, 0.29) is 28.4 Å². The predicted octanol–water partition coefficient (Wildman–Crippen LogP) is 5.30. The summed E-state index contributed by atoms with van der Waals surface area (Å²) in [7, 11) is 0. The van der Waals surface area contributed by atoms with E-state index in [1.54, 1.807) is 42.2 Å². The summed E-state index contributed by atoms with van der Waals surface area (Å²) in [6.07, 6.45) is 0. The van der Waals surface area contributed by atoms with Gasteiger partial charge < -0.3 is 5.32 Å². The van der Waals surface area contributed by atoms with Gasteiger partial charge in [-0.05, 0) is 55.0 Å². The predicted molar refractivity (Wildman–Crippen MR) is 115 cm³/mol. The van der Waals surface area contributed by atoms with Crippen LogP contribution in [-0.4, -0.2) is 17.6 Å². The Morgan fingerprint density at radius 2 is 1.83 bits per heavy atom. The topological polar surface area (TPSA) is 49.4 Å². The molecule has 0 bridgehead atoms. The minimum Gasteiger partial charge on any atom is -0.322 e. The number of halogens is 2. The van der Waals surface area contributed by atoms with Gasteiger partial charge in [0.2, 0.25) is 5.91 Å². The Kier molecular flexibility index (Phi) is 5.55. The summed E-state index contributed by atoms with van der Waals surface area (Å²) in [5, 5.41) is 2.41. The second kappa shape index (κ2) is 8.28.